The van der Waals surface area contributed by atoms with E-state index in [0.29, 0.717) is 29.4 Å². The molecule has 34 heavy (non-hydrogen) atoms. The van der Waals surface area contributed by atoms with Crippen molar-refractivity contribution in [1.82, 2.24) is 19.7 Å². The summed E-state index contributed by atoms with van der Waals surface area (Å²) in [5, 5.41) is 9.49. The summed E-state index contributed by atoms with van der Waals surface area (Å²) < 4.78 is 7.14. The molecule has 0 aliphatic carbocycles. The molecule has 0 aliphatic rings. The van der Waals surface area contributed by atoms with E-state index < -0.39 is 0 Å². The maximum absolute atomic E-state index is 13.0. The fraction of sp³-hybridized carbons (Fsp3) is 0.280. The quantitative estimate of drug-likeness (QED) is 0.321. The van der Waals surface area contributed by atoms with Crippen LogP contribution >= 0.6 is 11.3 Å². The summed E-state index contributed by atoms with van der Waals surface area (Å²) in [6.45, 7) is 6.68. The summed E-state index contributed by atoms with van der Waals surface area (Å²) in [4.78, 5) is 33.5. The first kappa shape index (κ1) is 23.4. The Morgan fingerprint density at radius 3 is 2.68 bits per heavy atom. The predicted octanol–water partition coefficient (Wildman–Crippen LogP) is 5.24. The summed E-state index contributed by atoms with van der Waals surface area (Å²) in [5.41, 5.74) is 1.51. The molecule has 0 radical (unpaired) electrons. The van der Waals surface area contributed by atoms with Crippen molar-refractivity contribution in [3.63, 3.8) is 0 Å². The van der Waals surface area contributed by atoms with Crippen molar-refractivity contribution >= 4 is 23.1 Å². The zero-order valence-electron chi connectivity index (χ0n) is 19.4. The maximum Gasteiger partial charge on any atom is 0.256 e. The van der Waals surface area contributed by atoms with Gasteiger partial charge >= 0.3 is 0 Å². The third-order valence-corrected chi connectivity index (χ3v) is 6.04. The molecule has 1 aromatic carbocycles. The van der Waals surface area contributed by atoms with Crippen LogP contribution in [0, 0.1) is 0 Å². The van der Waals surface area contributed by atoms with Crippen LogP contribution in [0.2, 0.25) is 0 Å². The molecule has 0 aliphatic heterocycles. The molecule has 0 bridgehead atoms. The standard InChI is InChI=1S/C25H27N5O3S/c1-4-5-12-33-18-10-8-17(9-11-18)24(32)27-22-14-20(21-7-6-13-34-21)29-30(22)25-26-19(16(2)3)15-23(31)28-25/h6-11,13-16H,4-5,12H2,1-3H3,(H,27,32)(H,26,28,31). The Morgan fingerprint density at radius 1 is 1.21 bits per heavy atom. The number of aromatic amines is 1. The van der Waals surface area contributed by atoms with Crippen LogP contribution in [0.15, 0.2) is 58.7 Å². The molecule has 176 valence electrons. The van der Waals surface area contributed by atoms with Crippen LogP contribution < -0.4 is 15.6 Å². The molecule has 4 aromatic rings. The summed E-state index contributed by atoms with van der Waals surface area (Å²) in [6, 6.07) is 14.1. The average Bonchev–Trinajstić information content (AvgIpc) is 3.49. The number of aromatic nitrogens is 4. The van der Waals surface area contributed by atoms with Gasteiger partial charge in [-0.2, -0.15) is 9.78 Å². The molecule has 8 nitrogen and oxygen atoms in total. The number of hydrogen-bond donors (Lipinski definition) is 2. The average molecular weight is 478 g/mol. The third-order valence-electron chi connectivity index (χ3n) is 5.15. The molecule has 0 spiro atoms. The highest BCUT2D eigenvalue weighted by atomic mass is 32.1. The minimum Gasteiger partial charge on any atom is -0.494 e. The molecule has 1 amide bonds. The van der Waals surface area contributed by atoms with Crippen molar-refractivity contribution in [3.05, 3.63) is 75.5 Å². The summed E-state index contributed by atoms with van der Waals surface area (Å²) in [6.07, 6.45) is 2.04. The maximum atomic E-state index is 13.0. The van der Waals surface area contributed by atoms with E-state index in [1.54, 1.807) is 30.3 Å². The van der Waals surface area contributed by atoms with Crippen LogP contribution in [0.3, 0.4) is 0 Å². The van der Waals surface area contributed by atoms with Gasteiger partial charge in [0.05, 0.1) is 17.2 Å². The summed E-state index contributed by atoms with van der Waals surface area (Å²) >= 11 is 1.53. The fourth-order valence-corrected chi connectivity index (χ4v) is 3.94. The van der Waals surface area contributed by atoms with E-state index in [2.05, 4.69) is 27.3 Å². The molecular weight excluding hydrogens is 450 g/mol. The van der Waals surface area contributed by atoms with E-state index in [1.165, 1.54) is 22.1 Å². The van der Waals surface area contributed by atoms with Crippen LogP contribution in [0.4, 0.5) is 5.82 Å². The molecular formula is C25H27N5O3S. The van der Waals surface area contributed by atoms with Crippen LogP contribution in [-0.2, 0) is 0 Å². The Morgan fingerprint density at radius 2 is 2.00 bits per heavy atom. The van der Waals surface area contributed by atoms with Crippen LogP contribution in [-0.4, -0.2) is 32.3 Å². The number of carbonyl (C=O) groups is 1. The Bertz CT molecular complexity index is 1310. The van der Waals surface area contributed by atoms with Crippen LogP contribution in [0.5, 0.6) is 5.75 Å². The number of anilines is 1. The van der Waals surface area contributed by atoms with Crippen molar-refractivity contribution < 1.29 is 9.53 Å². The number of amides is 1. The number of unbranched alkanes of at least 4 members (excludes halogenated alkanes) is 1. The zero-order chi connectivity index (χ0) is 24.1. The molecule has 0 saturated heterocycles. The lowest BCUT2D eigenvalue weighted by molar-refractivity contribution is 0.102. The highest BCUT2D eigenvalue weighted by Crippen LogP contribution is 2.28. The highest BCUT2D eigenvalue weighted by Gasteiger charge is 2.18. The molecule has 3 heterocycles. The molecule has 0 saturated carbocycles. The molecule has 4 rings (SSSR count). The zero-order valence-corrected chi connectivity index (χ0v) is 20.2. The van der Waals surface area contributed by atoms with Crippen LogP contribution in [0.25, 0.3) is 16.5 Å². The van der Waals surface area contributed by atoms with Gasteiger partial charge in [-0.15, -0.1) is 11.3 Å². The van der Waals surface area contributed by atoms with Crippen molar-refractivity contribution in [2.45, 2.75) is 39.5 Å². The van der Waals surface area contributed by atoms with Gasteiger partial charge in [0, 0.05) is 17.7 Å². The highest BCUT2D eigenvalue weighted by molar-refractivity contribution is 7.13. The van der Waals surface area contributed by atoms with Gasteiger partial charge in [0.25, 0.3) is 11.5 Å². The first-order valence-electron chi connectivity index (χ1n) is 11.2. The van der Waals surface area contributed by atoms with Gasteiger partial charge in [-0.05, 0) is 48.1 Å². The third kappa shape index (κ3) is 5.43. The van der Waals surface area contributed by atoms with Crippen molar-refractivity contribution in [2.24, 2.45) is 0 Å². The number of H-pyrrole nitrogens is 1. The fourth-order valence-electron chi connectivity index (χ4n) is 3.26. The number of ether oxygens (including phenoxy) is 1. The lowest BCUT2D eigenvalue weighted by Gasteiger charge is -2.11. The molecule has 0 atom stereocenters. The minimum absolute atomic E-state index is 0.0597. The topological polar surface area (TPSA) is 102 Å². The van der Waals surface area contributed by atoms with Gasteiger partial charge in [-0.1, -0.05) is 33.3 Å². The number of thiophene rings is 1. The van der Waals surface area contributed by atoms with Crippen molar-refractivity contribution in [1.29, 1.82) is 0 Å². The van der Waals surface area contributed by atoms with E-state index in [1.807, 2.05) is 31.4 Å². The SMILES string of the molecule is CCCCOc1ccc(C(=O)Nc2cc(-c3cccs3)nn2-c2nc(C(C)C)cc(=O)[nH]2)cc1. The first-order valence-corrected chi connectivity index (χ1v) is 12.1. The van der Waals surface area contributed by atoms with Gasteiger partial charge in [-0.3, -0.25) is 14.6 Å². The van der Waals surface area contributed by atoms with Gasteiger partial charge < -0.3 is 10.1 Å². The van der Waals surface area contributed by atoms with Gasteiger partial charge in [0.1, 0.15) is 17.3 Å². The number of nitrogens with zero attached hydrogens (tertiary/aromatic N) is 3. The second-order valence-corrected chi connectivity index (χ2v) is 9.08. The van der Waals surface area contributed by atoms with E-state index in [0.717, 1.165) is 23.5 Å². The number of rotatable bonds is 9. The lowest BCUT2D eigenvalue weighted by atomic mass is 10.1. The van der Waals surface area contributed by atoms with E-state index in [4.69, 9.17) is 4.74 Å². The largest absolute Gasteiger partial charge is 0.494 e. The van der Waals surface area contributed by atoms with Crippen molar-refractivity contribution in [2.75, 3.05) is 11.9 Å². The Balaban J connectivity index is 1.65. The monoisotopic (exact) mass is 477 g/mol. The van der Waals surface area contributed by atoms with Gasteiger partial charge in [0.15, 0.2) is 0 Å². The summed E-state index contributed by atoms with van der Waals surface area (Å²) in [5.74, 6) is 1.13. The van der Waals surface area contributed by atoms with E-state index >= 15 is 0 Å². The minimum atomic E-state index is -0.304. The van der Waals surface area contributed by atoms with Gasteiger partial charge in [0.2, 0.25) is 5.95 Å². The first-order chi connectivity index (χ1) is 16.4. The second-order valence-electron chi connectivity index (χ2n) is 8.13. The van der Waals surface area contributed by atoms with Crippen molar-refractivity contribution in [3.8, 4) is 22.3 Å². The number of nitrogens with one attached hydrogen (secondary N) is 2. The number of carbonyl (C=O) groups excluding carboxylic acids is 1. The van der Waals surface area contributed by atoms with E-state index in [9.17, 15) is 9.59 Å². The Hall–Kier alpha value is -3.72. The van der Waals surface area contributed by atoms with Crippen LogP contribution in [0.1, 0.15) is 55.6 Å². The lowest BCUT2D eigenvalue weighted by Crippen LogP contribution is -2.19. The molecule has 9 heteroatoms. The molecule has 2 N–H and O–H groups in total. The number of hydrogen-bond acceptors (Lipinski definition) is 6. The summed E-state index contributed by atoms with van der Waals surface area (Å²) in [7, 11) is 0. The number of benzene rings is 1. The second kappa shape index (κ2) is 10.5. The molecule has 0 fully saturated rings. The molecule has 0 unspecified atom stereocenters. The molecule has 3 aromatic heterocycles. The Labute approximate surface area is 201 Å². The Kier molecular flexibility index (Phi) is 7.22. The predicted molar refractivity (Wildman–Crippen MR) is 134 cm³/mol. The van der Waals surface area contributed by atoms with E-state index in [-0.39, 0.29) is 23.3 Å². The normalized spacial score (nSPS) is 11.1. The smallest absolute Gasteiger partial charge is 0.256 e. The van der Waals surface area contributed by atoms with Gasteiger partial charge in [-0.25, -0.2) is 4.98 Å².